The van der Waals surface area contributed by atoms with Gasteiger partial charge in [-0.1, -0.05) is 32.0 Å². The molecule has 4 heteroatoms. The highest BCUT2D eigenvalue weighted by atomic mass is 16.2. The van der Waals surface area contributed by atoms with Crippen LogP contribution in [0.15, 0.2) is 30.3 Å². The molecule has 0 spiro atoms. The van der Waals surface area contributed by atoms with Crippen molar-refractivity contribution in [1.82, 2.24) is 10.2 Å². The molecule has 3 fully saturated rings. The number of rotatable bonds is 6. The lowest BCUT2D eigenvalue weighted by molar-refractivity contribution is -0.128. The highest BCUT2D eigenvalue weighted by Gasteiger charge is 2.44. The summed E-state index contributed by atoms with van der Waals surface area (Å²) >= 11 is 0. The van der Waals surface area contributed by atoms with Gasteiger partial charge in [-0.2, -0.15) is 0 Å². The van der Waals surface area contributed by atoms with Gasteiger partial charge in [-0.3, -0.25) is 4.79 Å². The maximum atomic E-state index is 12.4. The molecule has 2 unspecified atom stereocenters. The van der Waals surface area contributed by atoms with Gasteiger partial charge in [0.2, 0.25) is 5.91 Å². The summed E-state index contributed by atoms with van der Waals surface area (Å²) in [5.74, 6) is 1.90. The van der Waals surface area contributed by atoms with Crippen molar-refractivity contribution >= 4 is 11.6 Å². The Morgan fingerprint density at radius 2 is 1.69 bits per heavy atom. The third-order valence-electron chi connectivity index (χ3n) is 7.28. The maximum Gasteiger partial charge on any atom is 0.226 e. The van der Waals surface area contributed by atoms with Crippen LogP contribution in [0.1, 0.15) is 39.5 Å². The molecule has 3 aliphatic rings. The van der Waals surface area contributed by atoms with E-state index in [1.165, 1.54) is 31.9 Å². The number of hydrogen-bond donors (Lipinski definition) is 1. The summed E-state index contributed by atoms with van der Waals surface area (Å²) in [6, 6.07) is 11.2. The Morgan fingerprint density at radius 1 is 1.04 bits per heavy atom. The van der Waals surface area contributed by atoms with E-state index in [4.69, 9.17) is 0 Å². The molecular weight excluding hydrogens is 322 g/mol. The largest absolute Gasteiger partial charge is 0.371 e. The van der Waals surface area contributed by atoms with E-state index in [0.29, 0.717) is 11.9 Å². The van der Waals surface area contributed by atoms with E-state index in [9.17, 15) is 4.79 Å². The molecule has 4 rings (SSSR count). The predicted molar refractivity (Wildman–Crippen MR) is 106 cm³/mol. The number of anilines is 1. The number of nitrogens with one attached hydrogen (secondary N) is 1. The molecule has 26 heavy (non-hydrogen) atoms. The smallest absolute Gasteiger partial charge is 0.226 e. The maximum absolute atomic E-state index is 12.4. The first-order valence-electron chi connectivity index (χ1n) is 10.5. The number of hydrogen-bond acceptors (Lipinski definition) is 3. The first-order valence-corrected chi connectivity index (χ1v) is 10.5. The molecule has 1 amide bonds. The number of carbonyl (C=O) groups excluding carboxylic acids is 1. The number of amides is 1. The lowest BCUT2D eigenvalue weighted by atomic mass is 9.79. The summed E-state index contributed by atoms with van der Waals surface area (Å²) in [4.78, 5) is 17.6. The Hall–Kier alpha value is -1.55. The van der Waals surface area contributed by atoms with E-state index in [1.54, 1.807) is 0 Å². The van der Waals surface area contributed by atoms with Gasteiger partial charge in [0.15, 0.2) is 0 Å². The summed E-state index contributed by atoms with van der Waals surface area (Å²) in [6.07, 6.45) is 4.07. The minimum Gasteiger partial charge on any atom is -0.371 e. The van der Waals surface area contributed by atoms with E-state index >= 15 is 0 Å². The Bertz CT molecular complexity index is 614. The second-order valence-corrected chi connectivity index (χ2v) is 8.67. The topological polar surface area (TPSA) is 35.6 Å². The molecule has 3 aliphatic heterocycles. The molecule has 4 nitrogen and oxygen atoms in total. The van der Waals surface area contributed by atoms with Crippen LogP contribution in [0.2, 0.25) is 0 Å². The van der Waals surface area contributed by atoms with Crippen molar-refractivity contribution in [3.8, 4) is 0 Å². The number of likely N-dealkylation sites (tertiary alicyclic amines) is 1. The molecule has 142 valence electrons. The van der Waals surface area contributed by atoms with Crippen LogP contribution < -0.4 is 10.2 Å². The SMILES string of the molecule is CCC1(CC)C[C@H](CCN2CC3CN(c4ccccc4)CC3C2)NC1=O. The zero-order valence-corrected chi connectivity index (χ0v) is 16.3. The van der Waals surface area contributed by atoms with Crippen LogP contribution in [0.25, 0.3) is 0 Å². The number of benzene rings is 1. The Morgan fingerprint density at radius 3 is 2.27 bits per heavy atom. The van der Waals surface area contributed by atoms with E-state index in [2.05, 4.69) is 59.3 Å². The first kappa shape index (κ1) is 17.8. The van der Waals surface area contributed by atoms with Crippen molar-refractivity contribution in [3.05, 3.63) is 30.3 Å². The Kier molecular flexibility index (Phi) is 4.96. The van der Waals surface area contributed by atoms with Gasteiger partial charge in [0, 0.05) is 44.5 Å². The monoisotopic (exact) mass is 355 g/mol. The summed E-state index contributed by atoms with van der Waals surface area (Å²) in [6.45, 7) is 10.3. The van der Waals surface area contributed by atoms with Crippen molar-refractivity contribution in [2.75, 3.05) is 37.6 Å². The summed E-state index contributed by atoms with van der Waals surface area (Å²) in [7, 11) is 0. The fourth-order valence-electron chi connectivity index (χ4n) is 5.45. The summed E-state index contributed by atoms with van der Waals surface area (Å²) < 4.78 is 0. The fraction of sp³-hybridized carbons (Fsp3) is 0.682. The van der Waals surface area contributed by atoms with Gasteiger partial charge < -0.3 is 15.1 Å². The van der Waals surface area contributed by atoms with Crippen LogP contribution in [-0.2, 0) is 4.79 Å². The molecule has 1 aromatic rings. The quantitative estimate of drug-likeness (QED) is 0.851. The van der Waals surface area contributed by atoms with Gasteiger partial charge in [0.25, 0.3) is 0 Å². The van der Waals surface area contributed by atoms with Crippen molar-refractivity contribution in [1.29, 1.82) is 0 Å². The molecule has 3 heterocycles. The third-order valence-corrected chi connectivity index (χ3v) is 7.28. The molecule has 3 saturated heterocycles. The molecule has 0 radical (unpaired) electrons. The van der Waals surface area contributed by atoms with Gasteiger partial charge in [-0.05, 0) is 49.7 Å². The second kappa shape index (κ2) is 7.22. The Labute approximate surface area is 157 Å². The molecule has 0 aromatic heterocycles. The van der Waals surface area contributed by atoms with Crippen LogP contribution >= 0.6 is 0 Å². The van der Waals surface area contributed by atoms with Gasteiger partial charge in [0.1, 0.15) is 0 Å². The van der Waals surface area contributed by atoms with Crippen molar-refractivity contribution in [3.63, 3.8) is 0 Å². The normalized spacial score (nSPS) is 30.6. The van der Waals surface area contributed by atoms with Crippen molar-refractivity contribution in [2.45, 2.75) is 45.6 Å². The average molecular weight is 356 g/mol. The van der Waals surface area contributed by atoms with Crippen LogP contribution in [-0.4, -0.2) is 49.6 Å². The number of carbonyl (C=O) groups is 1. The highest BCUT2D eigenvalue weighted by Crippen LogP contribution is 2.38. The first-order chi connectivity index (χ1) is 12.6. The van der Waals surface area contributed by atoms with Crippen molar-refractivity contribution < 1.29 is 4.79 Å². The molecule has 0 saturated carbocycles. The van der Waals surface area contributed by atoms with Gasteiger partial charge in [0.05, 0.1) is 5.41 Å². The number of nitrogens with zero attached hydrogens (tertiary/aromatic N) is 2. The lowest BCUT2D eigenvalue weighted by Gasteiger charge is -2.24. The minimum absolute atomic E-state index is 0.0949. The van der Waals surface area contributed by atoms with Gasteiger partial charge >= 0.3 is 0 Å². The van der Waals surface area contributed by atoms with Crippen LogP contribution in [0.5, 0.6) is 0 Å². The molecule has 0 bridgehead atoms. The minimum atomic E-state index is -0.0949. The number of para-hydroxylation sites is 1. The van der Waals surface area contributed by atoms with Crippen LogP contribution in [0.3, 0.4) is 0 Å². The lowest BCUT2D eigenvalue weighted by Crippen LogP contribution is -2.34. The van der Waals surface area contributed by atoms with Crippen LogP contribution in [0.4, 0.5) is 5.69 Å². The van der Waals surface area contributed by atoms with E-state index < -0.39 is 0 Å². The van der Waals surface area contributed by atoms with Crippen molar-refractivity contribution in [2.24, 2.45) is 17.3 Å². The molecule has 0 aliphatic carbocycles. The Balaban J connectivity index is 1.25. The number of fused-ring (bicyclic) bond motifs is 1. The molecule has 1 N–H and O–H groups in total. The summed E-state index contributed by atoms with van der Waals surface area (Å²) in [5.41, 5.74) is 1.28. The van der Waals surface area contributed by atoms with E-state index in [0.717, 1.165) is 44.1 Å². The van der Waals surface area contributed by atoms with Crippen LogP contribution in [0, 0.1) is 17.3 Å². The fourth-order valence-corrected chi connectivity index (χ4v) is 5.45. The third kappa shape index (κ3) is 3.24. The standard InChI is InChI=1S/C22H33N3O/c1-3-22(4-2)12-19(23-21(22)26)10-11-24-13-17-15-25(16-18(17)14-24)20-8-6-5-7-9-20/h5-9,17-19H,3-4,10-16H2,1-2H3,(H,23,26)/t17?,18?,19-/m0/s1. The molecule has 3 atom stereocenters. The van der Waals surface area contributed by atoms with Gasteiger partial charge in [-0.25, -0.2) is 0 Å². The second-order valence-electron chi connectivity index (χ2n) is 8.67. The van der Waals surface area contributed by atoms with E-state index in [1.807, 2.05) is 0 Å². The zero-order chi connectivity index (χ0) is 18.1. The predicted octanol–water partition coefficient (Wildman–Crippen LogP) is 3.14. The average Bonchev–Trinajstić information content (AvgIpc) is 3.32. The van der Waals surface area contributed by atoms with E-state index in [-0.39, 0.29) is 5.41 Å². The zero-order valence-electron chi connectivity index (χ0n) is 16.3. The molecule has 1 aromatic carbocycles. The summed E-state index contributed by atoms with van der Waals surface area (Å²) in [5, 5.41) is 3.28. The molecular formula is C22H33N3O. The van der Waals surface area contributed by atoms with Gasteiger partial charge in [-0.15, -0.1) is 0 Å². The highest BCUT2D eigenvalue weighted by molar-refractivity contribution is 5.85.